The van der Waals surface area contributed by atoms with Gasteiger partial charge in [0.1, 0.15) is 27.6 Å². The van der Waals surface area contributed by atoms with Crippen LogP contribution in [-0.2, 0) is 9.59 Å². The highest BCUT2D eigenvalue weighted by Gasteiger charge is 2.41. The highest BCUT2D eigenvalue weighted by molar-refractivity contribution is 6.53. The number of nitrogens with zero attached hydrogens (tertiary/aromatic N) is 2. The normalized spacial score (nSPS) is 19.8. The van der Waals surface area contributed by atoms with E-state index in [-0.39, 0.29) is 39.8 Å². The minimum Gasteiger partial charge on any atom is -0.398 e. The lowest BCUT2D eigenvalue weighted by Gasteiger charge is -2.35. The van der Waals surface area contributed by atoms with Crippen molar-refractivity contribution >= 4 is 70.7 Å². The summed E-state index contributed by atoms with van der Waals surface area (Å²) >= 11 is 0. The third-order valence-corrected chi connectivity index (χ3v) is 4.26. The van der Waals surface area contributed by atoms with E-state index in [1.165, 1.54) is 13.0 Å². The summed E-state index contributed by atoms with van der Waals surface area (Å²) < 4.78 is 1.10. The molecule has 1 aromatic heterocycles. The van der Waals surface area contributed by atoms with E-state index in [4.69, 9.17) is 37.1 Å². The van der Waals surface area contributed by atoms with Gasteiger partial charge in [0.05, 0.1) is 26.6 Å². The number of hydrogen-bond donors (Lipinski definition) is 2. The van der Waals surface area contributed by atoms with Gasteiger partial charge in [-0.05, 0) is 24.6 Å². The van der Waals surface area contributed by atoms with E-state index in [9.17, 15) is 14.4 Å². The van der Waals surface area contributed by atoms with Crippen LogP contribution in [0.15, 0.2) is 10.9 Å². The van der Waals surface area contributed by atoms with E-state index >= 15 is 0 Å². The zero-order valence-electron chi connectivity index (χ0n) is 13.4. The van der Waals surface area contributed by atoms with Gasteiger partial charge < -0.3 is 5.73 Å². The zero-order chi connectivity index (χ0) is 18.7. The molecule has 7 nitrogen and oxygen atoms in total. The summed E-state index contributed by atoms with van der Waals surface area (Å²) in [5.41, 5.74) is 5.83. The SMILES string of the molecule is [B]c1cc(N)c2c(=O)n(C3CC([B])([B])C(=O)NC3=O)c(C)nc2c1[B]. The largest absolute Gasteiger partial charge is 0.398 e. The van der Waals surface area contributed by atoms with Gasteiger partial charge in [-0.1, -0.05) is 10.9 Å². The number of nitrogens with two attached hydrogens (primary N) is 1. The number of imide groups is 1. The van der Waals surface area contributed by atoms with Gasteiger partial charge in [-0.2, -0.15) is 0 Å². The monoisotopic (exact) mass is 326 g/mol. The Balaban J connectivity index is 2.30. The number of hydrogen-bond acceptors (Lipinski definition) is 5. The van der Waals surface area contributed by atoms with E-state index in [0.717, 1.165) is 4.57 Å². The molecule has 1 aliphatic heterocycles. The van der Waals surface area contributed by atoms with Gasteiger partial charge in [0.15, 0.2) is 0 Å². The average molecular weight is 326 g/mol. The second-order valence-electron chi connectivity index (χ2n) is 6.11. The van der Waals surface area contributed by atoms with Crippen LogP contribution in [0.1, 0.15) is 18.3 Å². The van der Waals surface area contributed by atoms with E-state index in [2.05, 4.69) is 10.3 Å². The van der Waals surface area contributed by atoms with Crippen LogP contribution >= 0.6 is 0 Å². The van der Waals surface area contributed by atoms with Crippen molar-refractivity contribution in [2.24, 2.45) is 0 Å². The molecule has 1 unspecified atom stereocenters. The van der Waals surface area contributed by atoms with E-state index < -0.39 is 28.6 Å². The third-order valence-electron chi connectivity index (χ3n) is 4.26. The lowest BCUT2D eigenvalue weighted by atomic mass is 9.50. The smallest absolute Gasteiger partial charge is 0.264 e. The number of nitrogen functional groups attached to an aromatic ring is 1. The maximum absolute atomic E-state index is 13.0. The maximum Gasteiger partial charge on any atom is 0.264 e. The van der Waals surface area contributed by atoms with Gasteiger partial charge in [0.2, 0.25) is 11.8 Å². The molecule has 0 aliphatic carbocycles. The molecule has 11 heteroatoms. The molecule has 2 amide bonds. The highest BCUT2D eigenvalue weighted by atomic mass is 16.2. The van der Waals surface area contributed by atoms with Crippen LogP contribution in [0.2, 0.25) is 5.21 Å². The Morgan fingerprint density at radius 1 is 1.32 bits per heavy atom. The molecule has 0 saturated carbocycles. The number of nitrogens with one attached hydrogen (secondary N) is 1. The fourth-order valence-corrected chi connectivity index (χ4v) is 2.94. The number of anilines is 1. The summed E-state index contributed by atoms with van der Waals surface area (Å²) in [7, 11) is 23.1. The minimum absolute atomic E-state index is 0.0293. The molecule has 2 aromatic rings. The van der Waals surface area contributed by atoms with Crippen LogP contribution in [0.4, 0.5) is 5.69 Å². The molecule has 0 bridgehead atoms. The topological polar surface area (TPSA) is 107 Å². The van der Waals surface area contributed by atoms with E-state index in [1.54, 1.807) is 0 Å². The van der Waals surface area contributed by atoms with Crippen molar-refractivity contribution in [2.45, 2.75) is 24.6 Å². The highest BCUT2D eigenvalue weighted by Crippen LogP contribution is 2.33. The molecule has 1 fully saturated rings. The summed E-state index contributed by atoms with van der Waals surface area (Å²) in [5.74, 6) is -1.34. The molecule has 2 heterocycles. The summed E-state index contributed by atoms with van der Waals surface area (Å²) in [6.45, 7) is 1.51. The van der Waals surface area contributed by atoms with Crippen LogP contribution in [0, 0.1) is 6.92 Å². The second-order valence-corrected chi connectivity index (χ2v) is 6.11. The van der Waals surface area contributed by atoms with Crippen LogP contribution in [0.5, 0.6) is 0 Å². The molecule has 3 rings (SSSR count). The predicted molar refractivity (Wildman–Crippen MR) is 96.9 cm³/mol. The first-order chi connectivity index (χ1) is 11.5. The molecule has 1 saturated heterocycles. The maximum atomic E-state index is 13.0. The van der Waals surface area contributed by atoms with Crippen molar-refractivity contribution in [3.63, 3.8) is 0 Å². The molecular weight excluding hydrogens is 315 g/mol. The second kappa shape index (κ2) is 5.54. The Morgan fingerprint density at radius 3 is 2.60 bits per heavy atom. The first-order valence-electron chi connectivity index (χ1n) is 7.34. The van der Waals surface area contributed by atoms with Crippen molar-refractivity contribution in [3.8, 4) is 0 Å². The summed E-state index contributed by atoms with van der Waals surface area (Å²) in [5, 5.41) is 0.293. The Labute approximate surface area is 148 Å². The van der Waals surface area contributed by atoms with Crippen molar-refractivity contribution in [1.29, 1.82) is 0 Å². The van der Waals surface area contributed by atoms with Gasteiger partial charge in [-0.3, -0.25) is 24.3 Å². The summed E-state index contributed by atoms with van der Waals surface area (Å²) in [4.78, 5) is 41.2. The number of aryl methyl sites for hydroxylation is 1. The molecule has 116 valence electrons. The van der Waals surface area contributed by atoms with Crippen molar-refractivity contribution < 1.29 is 9.59 Å². The van der Waals surface area contributed by atoms with Gasteiger partial charge in [0, 0.05) is 5.69 Å². The summed E-state index contributed by atoms with van der Waals surface area (Å²) in [6, 6.07) is 0.233. The van der Waals surface area contributed by atoms with Gasteiger partial charge in [0.25, 0.3) is 5.56 Å². The first kappa shape index (κ1) is 17.4. The molecule has 25 heavy (non-hydrogen) atoms. The van der Waals surface area contributed by atoms with Crippen LogP contribution in [0.3, 0.4) is 0 Å². The quantitative estimate of drug-likeness (QED) is 0.328. The van der Waals surface area contributed by atoms with Gasteiger partial charge in [-0.15, -0.1) is 0 Å². The number of fused-ring (bicyclic) bond motifs is 1. The molecule has 1 atom stereocenters. The van der Waals surface area contributed by atoms with Crippen molar-refractivity contribution in [1.82, 2.24) is 14.9 Å². The standard InChI is InChI=1S/C14H10B4N4O3/c1-4-20-10-8(6(19)2-5(15)9(10)16)12(24)22(4)7-3-14(17,18)13(25)21-11(7)23/h2,7H,3,19H2,1H3,(H,21,23,25). The fourth-order valence-electron chi connectivity index (χ4n) is 2.94. The van der Waals surface area contributed by atoms with Gasteiger partial charge in [-0.25, -0.2) is 4.98 Å². The summed E-state index contributed by atoms with van der Waals surface area (Å²) in [6.07, 6.45) is -0.268. The molecule has 8 radical (unpaired) electrons. The minimum atomic E-state index is -1.80. The third kappa shape index (κ3) is 2.58. The number of carbonyl (C=O) groups excluding carboxylic acids is 2. The van der Waals surface area contributed by atoms with Crippen LogP contribution in [0.25, 0.3) is 10.9 Å². The Kier molecular flexibility index (Phi) is 3.85. The molecule has 1 aliphatic rings. The fraction of sp³-hybridized carbons (Fsp3) is 0.286. The Hall–Kier alpha value is -2.44. The van der Waals surface area contributed by atoms with Crippen molar-refractivity contribution in [2.75, 3.05) is 5.73 Å². The Morgan fingerprint density at radius 2 is 1.96 bits per heavy atom. The van der Waals surface area contributed by atoms with Crippen molar-refractivity contribution in [3.05, 3.63) is 22.2 Å². The van der Waals surface area contributed by atoms with Crippen LogP contribution < -0.4 is 27.5 Å². The van der Waals surface area contributed by atoms with E-state index in [1.807, 2.05) is 0 Å². The van der Waals surface area contributed by atoms with Gasteiger partial charge >= 0.3 is 0 Å². The van der Waals surface area contributed by atoms with E-state index in [0.29, 0.717) is 0 Å². The number of aromatic nitrogens is 2. The average Bonchev–Trinajstić information content (AvgIpc) is 2.49. The molecular formula is C14H10B4N4O3. The number of rotatable bonds is 1. The lowest BCUT2D eigenvalue weighted by Crippen LogP contribution is -2.52. The number of carbonyl (C=O) groups is 2. The predicted octanol–water partition coefficient (Wildman–Crippen LogP) is -3.08. The molecule has 0 spiro atoms. The number of benzene rings is 1. The Bertz CT molecular complexity index is 1000. The first-order valence-corrected chi connectivity index (χ1v) is 7.34. The zero-order valence-corrected chi connectivity index (χ0v) is 13.4. The number of piperidine rings is 1. The molecule has 1 aromatic carbocycles. The number of amides is 2. The molecule has 3 N–H and O–H groups in total. The van der Waals surface area contributed by atoms with Crippen LogP contribution in [-0.4, -0.2) is 52.8 Å². The lowest BCUT2D eigenvalue weighted by molar-refractivity contribution is -0.136.